The molecule has 0 saturated carbocycles. The van der Waals surface area contributed by atoms with E-state index >= 15 is 0 Å². The molecule has 0 aromatic heterocycles. The summed E-state index contributed by atoms with van der Waals surface area (Å²) in [7, 11) is 8.83. The van der Waals surface area contributed by atoms with Gasteiger partial charge in [-0.2, -0.15) is 0 Å². The molecule has 2 aromatic carbocycles. The van der Waals surface area contributed by atoms with Crippen LogP contribution < -0.4 is 33.7 Å². The summed E-state index contributed by atoms with van der Waals surface area (Å²) in [6, 6.07) is 6.70. The molecular formula is C19H24LiO7P. The third-order valence-corrected chi connectivity index (χ3v) is 5.12. The Kier molecular flexibility index (Phi) is 9.47. The molecule has 9 heteroatoms. The fraction of sp³-hybridized carbons (Fsp3) is 0.316. The van der Waals surface area contributed by atoms with E-state index in [-0.39, 0.29) is 33.0 Å². The number of hydrogen-bond acceptors (Lipinski definition) is 7. The molecule has 0 amide bonds. The number of benzene rings is 2. The Morgan fingerprint density at radius 2 is 1.00 bits per heavy atom. The van der Waals surface area contributed by atoms with E-state index in [0.29, 0.717) is 45.4 Å². The number of ether oxygens (including phenoxy) is 6. The average Bonchev–Trinajstić information content (AvgIpc) is 2.72. The van der Waals surface area contributed by atoms with E-state index in [2.05, 4.69) is 0 Å². The van der Waals surface area contributed by atoms with E-state index in [1.54, 1.807) is 31.4 Å². The standard InChI is InChI=1S/C19H23O7P.Li.H/c1-21-11-7-13(23-3)17(14(8-11)24-4)19(20)27-18-15(25-5)9-12(22-2)10-16(18)26-6;;/h7-10,27H,1-6H3;;. The number of hydrogen-bond donors (Lipinski definition) is 0. The van der Waals surface area contributed by atoms with Gasteiger partial charge in [-0.25, -0.2) is 0 Å². The maximum absolute atomic E-state index is 13.1. The van der Waals surface area contributed by atoms with Crippen molar-refractivity contribution in [3.8, 4) is 34.5 Å². The van der Waals surface area contributed by atoms with Crippen LogP contribution >= 0.6 is 8.58 Å². The zero-order valence-electron chi connectivity index (χ0n) is 16.2. The minimum absolute atomic E-state index is 0. The van der Waals surface area contributed by atoms with Gasteiger partial charge in [-0.1, -0.05) is 0 Å². The summed E-state index contributed by atoms with van der Waals surface area (Å²) < 4.78 is 32.1. The van der Waals surface area contributed by atoms with Crippen LogP contribution in [0.15, 0.2) is 24.3 Å². The van der Waals surface area contributed by atoms with Gasteiger partial charge >= 0.3 is 18.9 Å². The van der Waals surface area contributed by atoms with E-state index in [1.807, 2.05) is 0 Å². The van der Waals surface area contributed by atoms with E-state index in [1.165, 1.54) is 35.5 Å². The Morgan fingerprint density at radius 3 is 1.32 bits per heavy atom. The van der Waals surface area contributed by atoms with Crippen molar-refractivity contribution in [2.24, 2.45) is 0 Å². The number of carbonyl (C=O) groups is 1. The molecule has 2 rings (SSSR count). The predicted octanol–water partition coefficient (Wildman–Crippen LogP) is 2.23. The zero-order chi connectivity index (χ0) is 20.0. The molecule has 0 aliphatic rings. The quantitative estimate of drug-likeness (QED) is 0.471. The van der Waals surface area contributed by atoms with Crippen molar-refractivity contribution in [1.82, 2.24) is 0 Å². The van der Waals surface area contributed by atoms with Crippen LogP contribution in [0, 0.1) is 0 Å². The molecule has 0 saturated heterocycles. The van der Waals surface area contributed by atoms with Crippen molar-refractivity contribution in [1.29, 1.82) is 0 Å². The summed E-state index contributed by atoms with van der Waals surface area (Å²) in [5.41, 5.74) is 0.146. The molecule has 0 spiro atoms. The topological polar surface area (TPSA) is 72.5 Å². The molecule has 0 fully saturated rings. The van der Waals surface area contributed by atoms with Crippen molar-refractivity contribution in [3.63, 3.8) is 0 Å². The van der Waals surface area contributed by atoms with Gasteiger partial charge in [-0.05, 0) is 8.58 Å². The second kappa shape index (κ2) is 11.1. The molecular weight excluding hydrogens is 378 g/mol. The van der Waals surface area contributed by atoms with Gasteiger partial charge in [-0.15, -0.1) is 0 Å². The molecule has 7 nitrogen and oxygen atoms in total. The molecule has 0 N–H and O–H groups in total. The molecule has 1 unspecified atom stereocenters. The first-order valence-corrected chi connectivity index (χ1v) is 8.94. The summed E-state index contributed by atoms with van der Waals surface area (Å²) in [4.78, 5) is 13.1. The van der Waals surface area contributed by atoms with Crippen LogP contribution in [0.4, 0.5) is 0 Å². The van der Waals surface area contributed by atoms with Crippen molar-refractivity contribution >= 4 is 38.3 Å². The predicted molar refractivity (Wildman–Crippen MR) is 112 cm³/mol. The van der Waals surface area contributed by atoms with Gasteiger partial charge in [0, 0.05) is 24.3 Å². The van der Waals surface area contributed by atoms with Crippen molar-refractivity contribution in [3.05, 3.63) is 29.8 Å². The summed E-state index contributed by atoms with van der Waals surface area (Å²) >= 11 is 0. The van der Waals surface area contributed by atoms with Gasteiger partial charge in [0.15, 0.2) is 5.52 Å². The Hall–Kier alpha value is -2.06. The van der Waals surface area contributed by atoms with Gasteiger partial charge < -0.3 is 28.4 Å². The monoisotopic (exact) mass is 402 g/mol. The maximum atomic E-state index is 13.1. The summed E-state index contributed by atoms with van der Waals surface area (Å²) in [5.74, 6) is 2.85. The minimum atomic E-state index is -0.284. The van der Waals surface area contributed by atoms with E-state index in [4.69, 9.17) is 28.4 Å². The molecule has 1 atom stereocenters. The van der Waals surface area contributed by atoms with Crippen molar-refractivity contribution in [2.45, 2.75) is 0 Å². The number of methoxy groups -OCH3 is 6. The third-order valence-electron chi connectivity index (χ3n) is 3.90. The molecule has 0 bridgehead atoms. The van der Waals surface area contributed by atoms with Crippen LogP contribution in [0.1, 0.15) is 10.4 Å². The summed E-state index contributed by atoms with van der Waals surface area (Å²) in [6.07, 6.45) is 0. The van der Waals surface area contributed by atoms with E-state index < -0.39 is 0 Å². The normalized spacial score (nSPS) is 10.2. The van der Waals surface area contributed by atoms with Crippen molar-refractivity contribution < 1.29 is 33.2 Å². The second-order valence-corrected chi connectivity index (χ2v) is 6.47. The van der Waals surface area contributed by atoms with Gasteiger partial charge in [-0.3, -0.25) is 4.79 Å². The van der Waals surface area contributed by atoms with E-state index in [0.717, 1.165) is 0 Å². The Morgan fingerprint density at radius 1 is 0.643 bits per heavy atom. The Balaban J connectivity index is 0.00000392. The van der Waals surface area contributed by atoms with Crippen LogP contribution in [0.3, 0.4) is 0 Å². The fourth-order valence-electron chi connectivity index (χ4n) is 2.53. The van der Waals surface area contributed by atoms with Crippen LogP contribution in [0.5, 0.6) is 34.5 Å². The molecule has 2 aromatic rings. The first-order valence-electron chi connectivity index (χ1n) is 7.94. The Labute approximate surface area is 178 Å². The molecule has 0 aliphatic carbocycles. The number of rotatable bonds is 9. The van der Waals surface area contributed by atoms with Crippen LogP contribution in [-0.4, -0.2) is 67.0 Å². The SMILES string of the molecule is COc1cc(OC)c(PC(=O)c2c(OC)cc(OC)cc2OC)c(OC)c1.[LiH]. The van der Waals surface area contributed by atoms with Crippen molar-refractivity contribution in [2.75, 3.05) is 42.7 Å². The average molecular weight is 402 g/mol. The van der Waals surface area contributed by atoms with Gasteiger partial charge in [0.2, 0.25) is 0 Å². The van der Waals surface area contributed by atoms with Crippen LogP contribution in [0.25, 0.3) is 0 Å². The van der Waals surface area contributed by atoms with Crippen LogP contribution in [0.2, 0.25) is 0 Å². The van der Waals surface area contributed by atoms with Gasteiger partial charge in [0.1, 0.15) is 40.1 Å². The Bertz CT molecular complexity index is 776. The molecule has 0 heterocycles. The summed E-state index contributed by atoms with van der Waals surface area (Å²) in [5, 5.41) is 0.630. The first-order chi connectivity index (χ1) is 13.0. The number of carbonyl (C=O) groups excluding carboxylic acids is 1. The van der Waals surface area contributed by atoms with Gasteiger partial charge in [0.05, 0.1) is 48.0 Å². The first kappa shape index (κ1) is 24.0. The molecule has 0 aliphatic heterocycles. The van der Waals surface area contributed by atoms with Gasteiger partial charge in [0.25, 0.3) is 0 Å². The fourth-order valence-corrected chi connectivity index (χ4v) is 3.73. The second-order valence-electron chi connectivity index (χ2n) is 5.27. The third kappa shape index (κ3) is 5.05. The molecule has 0 radical (unpaired) electrons. The van der Waals surface area contributed by atoms with Crippen LogP contribution in [-0.2, 0) is 0 Å². The summed E-state index contributed by atoms with van der Waals surface area (Å²) in [6.45, 7) is 0. The molecule has 148 valence electrons. The molecule has 28 heavy (non-hydrogen) atoms. The zero-order valence-corrected chi connectivity index (χ0v) is 17.2. The van der Waals surface area contributed by atoms with E-state index in [9.17, 15) is 4.79 Å².